The lowest BCUT2D eigenvalue weighted by Crippen LogP contribution is -1.94. The number of para-hydroxylation sites is 1. The molecule has 0 saturated carbocycles. The van der Waals surface area contributed by atoms with Gasteiger partial charge in [-0.3, -0.25) is 0 Å². The Morgan fingerprint density at radius 3 is 2.90 bits per heavy atom. The minimum atomic E-state index is 0.777. The van der Waals surface area contributed by atoms with Crippen LogP contribution in [0.2, 0.25) is 0 Å². The zero-order valence-corrected chi connectivity index (χ0v) is 12.4. The van der Waals surface area contributed by atoms with Gasteiger partial charge in [0.15, 0.2) is 0 Å². The maximum absolute atomic E-state index is 4.46. The van der Waals surface area contributed by atoms with Crippen molar-refractivity contribution >= 4 is 28.9 Å². The summed E-state index contributed by atoms with van der Waals surface area (Å²) < 4.78 is 3.87. The summed E-state index contributed by atoms with van der Waals surface area (Å²) in [6, 6.07) is 8.33. The quantitative estimate of drug-likeness (QED) is 0.549. The molecule has 0 aliphatic carbocycles. The summed E-state index contributed by atoms with van der Waals surface area (Å²) in [5.41, 5.74) is 3.53. The molecule has 20 heavy (non-hydrogen) atoms. The number of benzene rings is 1. The highest BCUT2D eigenvalue weighted by molar-refractivity contribution is 7.98. The van der Waals surface area contributed by atoms with Gasteiger partial charge in [0.2, 0.25) is 5.16 Å². The van der Waals surface area contributed by atoms with Crippen LogP contribution in [0.3, 0.4) is 0 Å². The standard InChI is InChI=1S/C14H15N5S/c1-10-12(8-16-19-9-15-17-14(19)20-3)11-6-4-5-7-13(11)18(10)2/h4-9H,1-3H3/b16-8-. The topological polar surface area (TPSA) is 48.0 Å². The van der Waals surface area contributed by atoms with Crippen molar-refractivity contribution in [3.8, 4) is 0 Å². The van der Waals surface area contributed by atoms with Crippen LogP contribution in [0.15, 0.2) is 40.9 Å². The Kier molecular flexibility index (Phi) is 3.31. The average molecular weight is 285 g/mol. The van der Waals surface area contributed by atoms with Crippen LogP contribution in [0.25, 0.3) is 10.9 Å². The van der Waals surface area contributed by atoms with Gasteiger partial charge >= 0.3 is 0 Å². The Bertz CT molecular complexity index is 784. The van der Waals surface area contributed by atoms with Gasteiger partial charge in [-0.2, -0.15) is 9.78 Å². The lowest BCUT2D eigenvalue weighted by Gasteiger charge is -1.98. The molecule has 0 atom stereocenters. The van der Waals surface area contributed by atoms with Gasteiger partial charge in [-0.05, 0) is 19.2 Å². The Morgan fingerprint density at radius 1 is 1.30 bits per heavy atom. The maximum Gasteiger partial charge on any atom is 0.211 e. The van der Waals surface area contributed by atoms with Gasteiger partial charge in [-0.15, -0.1) is 10.2 Å². The summed E-state index contributed by atoms with van der Waals surface area (Å²) in [6.45, 7) is 2.10. The second kappa shape index (κ2) is 5.13. The molecule has 0 spiro atoms. The van der Waals surface area contributed by atoms with E-state index in [0.29, 0.717) is 0 Å². The maximum atomic E-state index is 4.46. The van der Waals surface area contributed by atoms with E-state index < -0.39 is 0 Å². The first-order valence-corrected chi connectivity index (χ1v) is 7.47. The van der Waals surface area contributed by atoms with Crippen molar-refractivity contribution in [3.05, 3.63) is 41.9 Å². The van der Waals surface area contributed by atoms with E-state index in [4.69, 9.17) is 0 Å². The van der Waals surface area contributed by atoms with Crippen molar-refractivity contribution in [2.75, 3.05) is 6.26 Å². The summed E-state index contributed by atoms with van der Waals surface area (Å²) in [5.74, 6) is 0. The molecule has 2 aromatic heterocycles. The number of nitrogens with zero attached hydrogens (tertiary/aromatic N) is 5. The largest absolute Gasteiger partial charge is 0.347 e. The first-order valence-electron chi connectivity index (χ1n) is 6.24. The molecule has 3 rings (SSSR count). The highest BCUT2D eigenvalue weighted by Crippen LogP contribution is 2.23. The van der Waals surface area contributed by atoms with E-state index in [0.717, 1.165) is 10.7 Å². The van der Waals surface area contributed by atoms with Crippen molar-refractivity contribution < 1.29 is 0 Å². The molecule has 6 heteroatoms. The van der Waals surface area contributed by atoms with Gasteiger partial charge in [0, 0.05) is 29.2 Å². The lowest BCUT2D eigenvalue weighted by atomic mass is 10.1. The minimum Gasteiger partial charge on any atom is -0.347 e. The third-order valence-electron chi connectivity index (χ3n) is 3.44. The zero-order chi connectivity index (χ0) is 14.1. The van der Waals surface area contributed by atoms with Crippen LogP contribution in [0.5, 0.6) is 0 Å². The number of aromatic nitrogens is 4. The highest BCUT2D eigenvalue weighted by Gasteiger charge is 2.09. The number of fused-ring (bicyclic) bond motifs is 1. The second-order valence-corrected chi connectivity index (χ2v) is 5.26. The fraction of sp³-hybridized carbons (Fsp3) is 0.214. The Morgan fingerprint density at radius 2 is 2.10 bits per heavy atom. The van der Waals surface area contributed by atoms with Crippen LogP contribution in [0, 0.1) is 6.92 Å². The predicted molar refractivity (Wildman–Crippen MR) is 82.5 cm³/mol. The molecule has 0 aliphatic heterocycles. The third-order valence-corrected chi connectivity index (χ3v) is 4.08. The van der Waals surface area contributed by atoms with Gasteiger partial charge < -0.3 is 4.57 Å². The normalized spacial score (nSPS) is 11.8. The van der Waals surface area contributed by atoms with E-state index in [2.05, 4.69) is 46.0 Å². The SMILES string of the molecule is CSc1nncn1/N=C\c1c(C)n(C)c2ccccc12. The number of hydrogen-bond donors (Lipinski definition) is 0. The van der Waals surface area contributed by atoms with Gasteiger partial charge in [-0.25, -0.2) is 0 Å². The Labute approximate surface area is 121 Å². The number of rotatable bonds is 3. The molecule has 0 saturated heterocycles. The second-order valence-electron chi connectivity index (χ2n) is 4.48. The fourth-order valence-corrected chi connectivity index (χ4v) is 2.68. The van der Waals surface area contributed by atoms with E-state index >= 15 is 0 Å². The lowest BCUT2D eigenvalue weighted by molar-refractivity contribution is 0.768. The number of aryl methyl sites for hydroxylation is 1. The van der Waals surface area contributed by atoms with Crippen molar-refractivity contribution in [2.24, 2.45) is 12.1 Å². The highest BCUT2D eigenvalue weighted by atomic mass is 32.2. The summed E-state index contributed by atoms with van der Waals surface area (Å²) in [7, 11) is 2.07. The molecule has 3 aromatic rings. The van der Waals surface area contributed by atoms with Crippen molar-refractivity contribution in [1.82, 2.24) is 19.4 Å². The molecular weight excluding hydrogens is 270 g/mol. The van der Waals surface area contributed by atoms with Gasteiger partial charge in [0.1, 0.15) is 6.33 Å². The zero-order valence-electron chi connectivity index (χ0n) is 11.6. The molecule has 0 bridgehead atoms. The molecule has 0 radical (unpaired) electrons. The van der Waals surface area contributed by atoms with Gasteiger partial charge in [0.25, 0.3) is 0 Å². The van der Waals surface area contributed by atoms with Gasteiger partial charge in [-0.1, -0.05) is 30.0 Å². The first kappa shape index (κ1) is 12.9. The monoisotopic (exact) mass is 285 g/mol. The molecule has 0 unspecified atom stereocenters. The molecule has 0 amide bonds. The smallest absolute Gasteiger partial charge is 0.211 e. The third kappa shape index (κ3) is 2.02. The fourth-order valence-electron chi connectivity index (χ4n) is 2.27. The van der Waals surface area contributed by atoms with E-state index in [1.807, 2.05) is 24.6 Å². The number of thioether (sulfide) groups is 1. The van der Waals surface area contributed by atoms with E-state index in [-0.39, 0.29) is 0 Å². The summed E-state index contributed by atoms with van der Waals surface area (Å²) in [5, 5.41) is 14.3. The van der Waals surface area contributed by atoms with Crippen molar-refractivity contribution in [1.29, 1.82) is 0 Å². The Hall–Kier alpha value is -2.08. The molecular formula is C14H15N5S. The minimum absolute atomic E-state index is 0.777. The number of hydrogen-bond acceptors (Lipinski definition) is 4. The summed E-state index contributed by atoms with van der Waals surface area (Å²) in [4.78, 5) is 0. The summed E-state index contributed by atoms with van der Waals surface area (Å²) in [6.07, 6.45) is 5.45. The summed E-state index contributed by atoms with van der Waals surface area (Å²) >= 11 is 1.52. The predicted octanol–water partition coefficient (Wildman–Crippen LogP) is 2.68. The van der Waals surface area contributed by atoms with Crippen LogP contribution in [0.4, 0.5) is 0 Å². The molecule has 0 aliphatic rings. The van der Waals surface area contributed by atoms with Crippen LogP contribution < -0.4 is 0 Å². The molecule has 1 aromatic carbocycles. The van der Waals surface area contributed by atoms with Crippen molar-refractivity contribution in [2.45, 2.75) is 12.1 Å². The van der Waals surface area contributed by atoms with Crippen LogP contribution >= 0.6 is 11.8 Å². The van der Waals surface area contributed by atoms with E-state index in [1.54, 1.807) is 11.0 Å². The molecule has 102 valence electrons. The van der Waals surface area contributed by atoms with Crippen LogP contribution in [-0.2, 0) is 7.05 Å². The average Bonchev–Trinajstić information content (AvgIpc) is 3.02. The van der Waals surface area contributed by atoms with Crippen LogP contribution in [0.1, 0.15) is 11.3 Å². The molecule has 0 fully saturated rings. The van der Waals surface area contributed by atoms with Crippen molar-refractivity contribution in [3.63, 3.8) is 0 Å². The Balaban J connectivity index is 2.09. The van der Waals surface area contributed by atoms with E-state index in [9.17, 15) is 0 Å². The van der Waals surface area contributed by atoms with Crippen LogP contribution in [-0.4, -0.2) is 31.9 Å². The molecule has 2 heterocycles. The van der Waals surface area contributed by atoms with Gasteiger partial charge in [0.05, 0.1) is 6.21 Å². The van der Waals surface area contributed by atoms with E-state index in [1.165, 1.54) is 28.4 Å². The molecule has 5 nitrogen and oxygen atoms in total. The first-order chi connectivity index (χ1) is 9.72. The molecule has 0 N–H and O–H groups in total.